The molecule has 14 heavy (non-hydrogen) atoms. The fraction of sp³-hybridized carbons (Fsp3) is 1.00. The Morgan fingerprint density at radius 1 is 1.50 bits per heavy atom. The maximum atomic E-state index is 5.47. The van der Waals surface area contributed by atoms with Crippen molar-refractivity contribution < 1.29 is 9.47 Å². The molecular formula is C11H23NO2. The van der Waals surface area contributed by atoms with Crippen LogP contribution < -0.4 is 5.32 Å². The second-order valence-corrected chi connectivity index (χ2v) is 4.20. The first-order valence-electron chi connectivity index (χ1n) is 5.66. The van der Waals surface area contributed by atoms with E-state index in [2.05, 4.69) is 26.1 Å². The third kappa shape index (κ3) is 4.40. The summed E-state index contributed by atoms with van der Waals surface area (Å²) < 4.78 is 10.9. The normalized spacial score (nSPS) is 27.4. The van der Waals surface area contributed by atoms with Crippen LogP contribution in [0.2, 0.25) is 0 Å². The zero-order chi connectivity index (χ0) is 10.4. The molecule has 0 spiro atoms. The van der Waals surface area contributed by atoms with E-state index in [1.54, 1.807) is 0 Å². The van der Waals surface area contributed by atoms with Crippen LogP contribution in [0.5, 0.6) is 0 Å². The molecular weight excluding hydrogens is 178 g/mol. The minimum absolute atomic E-state index is 0.351. The molecule has 1 fully saturated rings. The van der Waals surface area contributed by atoms with Crippen LogP contribution in [0.1, 0.15) is 33.6 Å². The van der Waals surface area contributed by atoms with Gasteiger partial charge in [0.25, 0.3) is 0 Å². The zero-order valence-corrected chi connectivity index (χ0v) is 9.58. The van der Waals surface area contributed by atoms with Gasteiger partial charge in [0.15, 0.2) is 0 Å². The summed E-state index contributed by atoms with van der Waals surface area (Å²) in [6.45, 7) is 9.06. The first kappa shape index (κ1) is 12.0. The van der Waals surface area contributed by atoms with Gasteiger partial charge in [0, 0.05) is 19.3 Å². The van der Waals surface area contributed by atoms with Gasteiger partial charge in [0.2, 0.25) is 0 Å². The van der Waals surface area contributed by atoms with Gasteiger partial charge in [-0.15, -0.1) is 0 Å². The summed E-state index contributed by atoms with van der Waals surface area (Å²) in [7, 11) is 0. The summed E-state index contributed by atoms with van der Waals surface area (Å²) in [5.74, 6) is 0. The second kappa shape index (κ2) is 6.38. The Morgan fingerprint density at radius 3 is 2.86 bits per heavy atom. The summed E-state index contributed by atoms with van der Waals surface area (Å²) >= 11 is 0. The van der Waals surface area contributed by atoms with E-state index < -0.39 is 0 Å². The summed E-state index contributed by atoms with van der Waals surface area (Å²) in [5.41, 5.74) is 0. The molecule has 1 N–H and O–H groups in total. The molecule has 1 aliphatic heterocycles. The van der Waals surface area contributed by atoms with Crippen molar-refractivity contribution in [1.82, 2.24) is 5.32 Å². The third-order valence-corrected chi connectivity index (χ3v) is 2.56. The van der Waals surface area contributed by atoms with Crippen molar-refractivity contribution in [2.75, 3.05) is 19.8 Å². The van der Waals surface area contributed by atoms with Gasteiger partial charge in [-0.3, -0.25) is 0 Å². The molecule has 84 valence electrons. The molecule has 1 heterocycles. The van der Waals surface area contributed by atoms with Crippen molar-refractivity contribution in [3.05, 3.63) is 0 Å². The predicted octanol–water partition coefficient (Wildman–Crippen LogP) is 1.57. The van der Waals surface area contributed by atoms with Crippen molar-refractivity contribution in [2.45, 2.75) is 51.9 Å². The molecule has 2 unspecified atom stereocenters. The highest BCUT2D eigenvalue weighted by Gasteiger charge is 2.22. The minimum atomic E-state index is 0.351. The Balaban J connectivity index is 1.93. The fourth-order valence-electron chi connectivity index (χ4n) is 1.68. The van der Waals surface area contributed by atoms with Crippen molar-refractivity contribution >= 4 is 0 Å². The molecule has 1 aliphatic rings. The van der Waals surface area contributed by atoms with Crippen LogP contribution in [0.3, 0.4) is 0 Å². The molecule has 0 bridgehead atoms. The van der Waals surface area contributed by atoms with E-state index in [0.29, 0.717) is 18.2 Å². The Hall–Kier alpha value is -0.120. The molecule has 0 radical (unpaired) electrons. The topological polar surface area (TPSA) is 30.5 Å². The Labute approximate surface area is 87.2 Å². The van der Waals surface area contributed by atoms with E-state index in [9.17, 15) is 0 Å². The van der Waals surface area contributed by atoms with E-state index in [1.807, 2.05) is 0 Å². The van der Waals surface area contributed by atoms with Crippen molar-refractivity contribution in [2.24, 2.45) is 0 Å². The highest BCUT2D eigenvalue weighted by atomic mass is 16.5. The maximum Gasteiger partial charge on any atom is 0.0700 e. The molecule has 3 nitrogen and oxygen atoms in total. The van der Waals surface area contributed by atoms with Gasteiger partial charge in [0.1, 0.15) is 0 Å². The summed E-state index contributed by atoms with van der Waals surface area (Å²) in [5, 5.41) is 3.50. The smallest absolute Gasteiger partial charge is 0.0700 e. The lowest BCUT2D eigenvalue weighted by Gasteiger charge is -2.16. The van der Waals surface area contributed by atoms with Crippen LogP contribution >= 0.6 is 0 Å². The van der Waals surface area contributed by atoms with Gasteiger partial charge in [-0.2, -0.15) is 0 Å². The van der Waals surface area contributed by atoms with Crippen molar-refractivity contribution in [3.8, 4) is 0 Å². The van der Waals surface area contributed by atoms with Crippen LogP contribution in [0.4, 0.5) is 0 Å². The van der Waals surface area contributed by atoms with E-state index in [4.69, 9.17) is 9.47 Å². The van der Waals surface area contributed by atoms with Gasteiger partial charge in [-0.1, -0.05) is 0 Å². The van der Waals surface area contributed by atoms with Crippen molar-refractivity contribution in [3.63, 3.8) is 0 Å². The standard InChI is InChI=1S/C11H23NO2/c1-9(2)13-7-4-6-12-11-5-8-14-10(11)3/h9-12H,4-8H2,1-3H3. The molecule has 1 rings (SSSR count). The number of hydrogen-bond acceptors (Lipinski definition) is 3. The minimum Gasteiger partial charge on any atom is -0.379 e. The van der Waals surface area contributed by atoms with Crippen LogP contribution in [0.25, 0.3) is 0 Å². The molecule has 0 aromatic rings. The molecule has 0 amide bonds. The van der Waals surface area contributed by atoms with Crippen molar-refractivity contribution in [1.29, 1.82) is 0 Å². The lowest BCUT2D eigenvalue weighted by molar-refractivity contribution is 0.0753. The third-order valence-electron chi connectivity index (χ3n) is 2.56. The van der Waals surface area contributed by atoms with Gasteiger partial charge >= 0.3 is 0 Å². The van der Waals surface area contributed by atoms with Gasteiger partial charge in [-0.25, -0.2) is 0 Å². The molecule has 0 aromatic carbocycles. The first-order valence-corrected chi connectivity index (χ1v) is 5.66. The lowest BCUT2D eigenvalue weighted by atomic mass is 10.1. The molecule has 3 heteroatoms. The molecule has 0 aromatic heterocycles. The van der Waals surface area contributed by atoms with Gasteiger partial charge < -0.3 is 14.8 Å². The Bertz CT molecular complexity index is 150. The maximum absolute atomic E-state index is 5.47. The summed E-state index contributed by atoms with van der Waals surface area (Å²) in [6.07, 6.45) is 2.96. The first-order chi connectivity index (χ1) is 6.70. The largest absolute Gasteiger partial charge is 0.379 e. The quantitative estimate of drug-likeness (QED) is 0.662. The fourth-order valence-corrected chi connectivity index (χ4v) is 1.68. The second-order valence-electron chi connectivity index (χ2n) is 4.20. The summed E-state index contributed by atoms with van der Waals surface area (Å²) in [6, 6.07) is 0.550. The van der Waals surface area contributed by atoms with Gasteiger partial charge in [-0.05, 0) is 40.2 Å². The van der Waals surface area contributed by atoms with E-state index in [1.165, 1.54) is 0 Å². The predicted molar refractivity (Wildman–Crippen MR) is 57.5 cm³/mol. The highest BCUT2D eigenvalue weighted by molar-refractivity contribution is 4.78. The highest BCUT2D eigenvalue weighted by Crippen LogP contribution is 2.12. The number of rotatable bonds is 6. The molecule has 1 saturated heterocycles. The Kier molecular flexibility index (Phi) is 5.45. The van der Waals surface area contributed by atoms with Crippen LogP contribution in [-0.4, -0.2) is 38.0 Å². The number of nitrogens with one attached hydrogen (secondary N) is 1. The van der Waals surface area contributed by atoms with E-state index in [0.717, 1.165) is 32.6 Å². The zero-order valence-electron chi connectivity index (χ0n) is 9.58. The number of ether oxygens (including phenoxy) is 2. The van der Waals surface area contributed by atoms with Crippen LogP contribution in [-0.2, 0) is 9.47 Å². The van der Waals surface area contributed by atoms with E-state index in [-0.39, 0.29) is 0 Å². The van der Waals surface area contributed by atoms with E-state index >= 15 is 0 Å². The van der Waals surface area contributed by atoms with Gasteiger partial charge in [0.05, 0.1) is 12.2 Å². The average Bonchev–Trinajstić information content (AvgIpc) is 2.51. The average molecular weight is 201 g/mol. The lowest BCUT2D eigenvalue weighted by Crippen LogP contribution is -2.35. The SMILES string of the molecule is CC(C)OCCCNC1CCOC1C. The summed E-state index contributed by atoms with van der Waals surface area (Å²) in [4.78, 5) is 0. The van der Waals surface area contributed by atoms with Crippen LogP contribution in [0.15, 0.2) is 0 Å². The molecule has 2 atom stereocenters. The molecule has 0 saturated carbocycles. The van der Waals surface area contributed by atoms with Crippen LogP contribution in [0, 0.1) is 0 Å². The number of hydrogen-bond donors (Lipinski definition) is 1. The monoisotopic (exact) mass is 201 g/mol. The molecule has 0 aliphatic carbocycles. The Morgan fingerprint density at radius 2 is 2.29 bits per heavy atom.